The van der Waals surface area contributed by atoms with Crippen LogP contribution in [-0.2, 0) is 6.42 Å². The van der Waals surface area contributed by atoms with Crippen molar-refractivity contribution in [2.45, 2.75) is 51.6 Å². The Labute approximate surface area is 141 Å². The van der Waals surface area contributed by atoms with E-state index in [-0.39, 0.29) is 0 Å². The first-order valence-corrected chi connectivity index (χ1v) is 9.97. The summed E-state index contributed by atoms with van der Waals surface area (Å²) in [5.74, 6) is 0.753. The van der Waals surface area contributed by atoms with Crippen molar-refractivity contribution in [3.05, 3.63) is 20.8 Å². The first kappa shape index (κ1) is 16.0. The minimum atomic E-state index is 0.739. The second kappa shape index (κ2) is 7.12. The average Bonchev–Trinajstić information content (AvgIpc) is 2.89. The maximum atomic E-state index is 3.58. The van der Waals surface area contributed by atoms with Gasteiger partial charge in [0.25, 0.3) is 0 Å². The highest BCUT2D eigenvalue weighted by molar-refractivity contribution is 9.11. The number of thiophene rings is 1. The second-order valence-electron chi connectivity index (χ2n) is 6.91. The number of hydrogen-bond acceptors (Lipinski definition) is 3. The monoisotopic (exact) mass is 370 g/mol. The van der Waals surface area contributed by atoms with Crippen LogP contribution in [0.1, 0.15) is 38.0 Å². The van der Waals surface area contributed by atoms with Crippen molar-refractivity contribution in [3.63, 3.8) is 0 Å². The van der Waals surface area contributed by atoms with Gasteiger partial charge in [0.05, 0.1) is 3.79 Å². The Morgan fingerprint density at radius 2 is 2.14 bits per heavy atom. The van der Waals surface area contributed by atoms with Gasteiger partial charge >= 0.3 is 0 Å². The third-order valence-corrected chi connectivity index (χ3v) is 6.81. The van der Waals surface area contributed by atoms with Crippen molar-refractivity contribution in [2.24, 2.45) is 5.92 Å². The molecule has 2 unspecified atom stereocenters. The molecule has 118 valence electrons. The zero-order valence-corrected chi connectivity index (χ0v) is 15.6. The fourth-order valence-corrected chi connectivity index (χ4v) is 5.37. The molecular formula is C17H27BrN2S. The van der Waals surface area contributed by atoms with Gasteiger partial charge in [0.15, 0.2) is 0 Å². The molecule has 2 fully saturated rings. The van der Waals surface area contributed by atoms with Crippen LogP contribution in [0.4, 0.5) is 0 Å². The summed E-state index contributed by atoms with van der Waals surface area (Å²) in [6.07, 6.45) is 5.45. The Morgan fingerprint density at radius 1 is 1.29 bits per heavy atom. The van der Waals surface area contributed by atoms with Gasteiger partial charge in [0.2, 0.25) is 0 Å². The maximum absolute atomic E-state index is 3.58. The third-order valence-electron chi connectivity index (χ3n) is 5.13. The Balaban J connectivity index is 1.63. The van der Waals surface area contributed by atoms with Crippen LogP contribution in [0.15, 0.2) is 15.9 Å². The smallest absolute Gasteiger partial charge is 0.0701 e. The van der Waals surface area contributed by atoms with E-state index in [9.17, 15) is 0 Å². The lowest BCUT2D eigenvalue weighted by Gasteiger charge is -2.50. The van der Waals surface area contributed by atoms with Gasteiger partial charge < -0.3 is 0 Å². The van der Waals surface area contributed by atoms with E-state index in [4.69, 9.17) is 0 Å². The fraction of sp³-hybridized carbons (Fsp3) is 0.765. The number of fused-ring (bicyclic) bond motifs is 1. The van der Waals surface area contributed by atoms with Gasteiger partial charge in [-0.3, -0.25) is 9.80 Å². The molecule has 0 bridgehead atoms. The van der Waals surface area contributed by atoms with E-state index in [1.807, 2.05) is 11.3 Å². The molecule has 0 radical (unpaired) electrons. The first-order valence-electron chi connectivity index (χ1n) is 8.36. The molecule has 2 atom stereocenters. The van der Waals surface area contributed by atoms with Crippen LogP contribution in [0.3, 0.4) is 0 Å². The van der Waals surface area contributed by atoms with Crippen LogP contribution in [0.5, 0.6) is 0 Å². The lowest BCUT2D eigenvalue weighted by atomic mass is 9.92. The summed E-state index contributed by atoms with van der Waals surface area (Å²) in [4.78, 5) is 7.06. The second-order valence-corrected chi connectivity index (χ2v) is 9.45. The van der Waals surface area contributed by atoms with E-state index in [1.54, 1.807) is 0 Å². The van der Waals surface area contributed by atoms with Crippen molar-refractivity contribution < 1.29 is 0 Å². The molecule has 0 aromatic carbocycles. The van der Waals surface area contributed by atoms with E-state index in [0.29, 0.717) is 0 Å². The van der Waals surface area contributed by atoms with Crippen molar-refractivity contribution in [2.75, 3.05) is 26.2 Å². The van der Waals surface area contributed by atoms with Crippen LogP contribution < -0.4 is 0 Å². The van der Waals surface area contributed by atoms with Gasteiger partial charge in [0.1, 0.15) is 0 Å². The maximum Gasteiger partial charge on any atom is 0.0701 e. The minimum absolute atomic E-state index is 0.739. The highest BCUT2D eigenvalue weighted by Crippen LogP contribution is 2.28. The van der Waals surface area contributed by atoms with E-state index < -0.39 is 0 Å². The van der Waals surface area contributed by atoms with Gasteiger partial charge in [0, 0.05) is 36.6 Å². The van der Waals surface area contributed by atoms with Gasteiger partial charge in [-0.1, -0.05) is 20.3 Å². The van der Waals surface area contributed by atoms with Gasteiger partial charge in [-0.15, -0.1) is 11.3 Å². The topological polar surface area (TPSA) is 6.48 Å². The fourth-order valence-electron chi connectivity index (χ4n) is 3.90. The Hall–Kier alpha value is 0.1000. The van der Waals surface area contributed by atoms with Crippen molar-refractivity contribution in [3.8, 4) is 0 Å². The van der Waals surface area contributed by atoms with Crippen LogP contribution in [0, 0.1) is 5.92 Å². The summed E-state index contributed by atoms with van der Waals surface area (Å²) >= 11 is 5.47. The van der Waals surface area contributed by atoms with Crippen LogP contribution in [-0.4, -0.2) is 48.1 Å². The molecule has 0 aliphatic carbocycles. The molecule has 21 heavy (non-hydrogen) atoms. The molecule has 0 N–H and O–H groups in total. The summed E-state index contributed by atoms with van der Waals surface area (Å²) in [6.45, 7) is 9.92. The van der Waals surface area contributed by atoms with E-state index in [0.717, 1.165) is 18.0 Å². The predicted molar refractivity (Wildman–Crippen MR) is 95.1 cm³/mol. The number of hydrogen-bond donors (Lipinski definition) is 0. The molecule has 0 spiro atoms. The molecule has 0 amide bonds. The number of rotatable bonds is 4. The minimum Gasteiger partial charge on any atom is -0.298 e. The highest BCUT2D eigenvalue weighted by atomic mass is 79.9. The molecule has 2 aliphatic heterocycles. The number of halogens is 1. The summed E-state index contributed by atoms with van der Waals surface area (Å²) < 4.78 is 1.26. The van der Waals surface area contributed by atoms with E-state index in [1.165, 1.54) is 60.5 Å². The zero-order valence-electron chi connectivity index (χ0n) is 13.2. The molecular weight excluding hydrogens is 344 g/mol. The van der Waals surface area contributed by atoms with Gasteiger partial charge in [-0.05, 0) is 59.8 Å². The standard InChI is InChI=1S/C17H27BrN2S/c1-13(2)16-12-19-9-4-3-5-14(19)11-20(16)10-8-15-6-7-17(18)21-15/h6-7,13-14,16H,3-5,8-12H2,1-2H3. The highest BCUT2D eigenvalue weighted by Gasteiger charge is 2.35. The first-order chi connectivity index (χ1) is 10.1. The molecule has 1 aromatic rings. The Morgan fingerprint density at radius 3 is 2.86 bits per heavy atom. The molecule has 2 nitrogen and oxygen atoms in total. The Kier molecular flexibility index (Phi) is 5.41. The van der Waals surface area contributed by atoms with Crippen molar-refractivity contribution in [1.82, 2.24) is 9.80 Å². The normalized spacial score (nSPS) is 28.0. The van der Waals surface area contributed by atoms with Crippen molar-refractivity contribution >= 4 is 27.3 Å². The number of nitrogens with zero attached hydrogens (tertiary/aromatic N) is 2. The Bertz CT molecular complexity index is 459. The van der Waals surface area contributed by atoms with E-state index in [2.05, 4.69) is 51.7 Å². The lowest BCUT2D eigenvalue weighted by molar-refractivity contribution is -0.00665. The molecule has 4 heteroatoms. The zero-order chi connectivity index (χ0) is 14.8. The molecule has 2 saturated heterocycles. The molecule has 3 rings (SSSR count). The van der Waals surface area contributed by atoms with E-state index >= 15 is 0 Å². The molecule has 1 aromatic heterocycles. The summed E-state index contributed by atoms with van der Waals surface area (Å²) in [7, 11) is 0. The predicted octanol–water partition coefficient (Wildman–Crippen LogP) is 4.25. The molecule has 3 heterocycles. The summed E-state index contributed by atoms with van der Waals surface area (Å²) in [5.41, 5.74) is 0. The summed E-state index contributed by atoms with van der Waals surface area (Å²) in [6, 6.07) is 6.02. The van der Waals surface area contributed by atoms with Crippen LogP contribution in [0.2, 0.25) is 0 Å². The average molecular weight is 371 g/mol. The van der Waals surface area contributed by atoms with Gasteiger partial charge in [-0.2, -0.15) is 0 Å². The van der Waals surface area contributed by atoms with Crippen LogP contribution >= 0.6 is 27.3 Å². The third kappa shape index (κ3) is 3.90. The van der Waals surface area contributed by atoms with Gasteiger partial charge in [-0.25, -0.2) is 0 Å². The molecule has 2 aliphatic rings. The molecule has 0 saturated carbocycles. The summed E-state index contributed by atoms with van der Waals surface area (Å²) in [5, 5.41) is 0. The lowest BCUT2D eigenvalue weighted by Crippen LogP contribution is -2.61. The largest absolute Gasteiger partial charge is 0.298 e. The van der Waals surface area contributed by atoms with Crippen LogP contribution in [0.25, 0.3) is 0 Å². The quantitative estimate of drug-likeness (QED) is 0.781. The number of piperidine rings is 1. The SMILES string of the molecule is CC(C)C1CN2CCCCC2CN1CCc1ccc(Br)s1. The number of piperazine rings is 1. The van der Waals surface area contributed by atoms with Crippen molar-refractivity contribution in [1.29, 1.82) is 0 Å².